The van der Waals surface area contributed by atoms with Crippen LogP contribution in [0.15, 0.2) is 39.4 Å². The molecule has 4 aliphatic heterocycles. The van der Waals surface area contributed by atoms with Crippen LogP contribution in [0.3, 0.4) is 0 Å². The summed E-state index contributed by atoms with van der Waals surface area (Å²) < 4.78 is 0. The molecule has 3 atom stereocenters. The Morgan fingerprint density at radius 3 is 3.00 bits per heavy atom. The number of carbonyl (C=O) groups excluding carboxylic acids is 1. The Balaban J connectivity index is 1.54. The van der Waals surface area contributed by atoms with E-state index in [1.807, 2.05) is 13.0 Å². The SMILES string of the molecule is CC1=NC2=CN(C(C)O)NN2C(SCC2=C(C(=O)O)N3C(=O)C(N)[C@H]3SC2)=C1. The predicted octanol–water partition coefficient (Wildman–Crippen LogP) is -0.209. The summed E-state index contributed by atoms with van der Waals surface area (Å²) >= 11 is 2.92. The van der Waals surface area contributed by atoms with Crippen LogP contribution in [0.1, 0.15) is 13.8 Å². The number of amides is 1. The van der Waals surface area contributed by atoms with Gasteiger partial charge >= 0.3 is 5.97 Å². The maximum Gasteiger partial charge on any atom is 0.352 e. The molecule has 1 saturated heterocycles. The molecule has 1 amide bonds. The van der Waals surface area contributed by atoms with E-state index in [9.17, 15) is 19.8 Å². The molecule has 0 saturated carbocycles. The highest BCUT2D eigenvalue weighted by Crippen LogP contribution is 2.41. The minimum Gasteiger partial charge on any atom is -0.477 e. The fourth-order valence-corrected chi connectivity index (χ4v) is 5.73. The Bertz CT molecular complexity index is 867. The standard InChI is InChI=1S/C16H20N6O4S2/c1-7-3-11(22-10(18-7)4-20(19-22)8(2)23)27-5-9-6-28-15-12(17)14(24)21(15)13(9)16(25)26/h3-4,8,12,15,19,23H,5-6,17H2,1-2H3,(H,25,26)/t8?,12?,15-/m1/s1. The first kappa shape index (κ1) is 19.3. The monoisotopic (exact) mass is 424 g/mol. The Hall–Kier alpha value is -1.99. The molecule has 0 bridgehead atoms. The van der Waals surface area contributed by atoms with Crippen molar-refractivity contribution >= 4 is 41.1 Å². The molecule has 0 radical (unpaired) electrons. The third kappa shape index (κ3) is 3.10. The second kappa shape index (κ2) is 7.12. The third-order valence-corrected chi connectivity index (χ3v) is 7.08. The highest BCUT2D eigenvalue weighted by Gasteiger charge is 2.51. The predicted molar refractivity (Wildman–Crippen MR) is 106 cm³/mol. The average molecular weight is 425 g/mol. The van der Waals surface area contributed by atoms with E-state index in [4.69, 9.17) is 5.73 Å². The fourth-order valence-electron chi connectivity index (χ4n) is 3.22. The maximum atomic E-state index is 12.1. The van der Waals surface area contributed by atoms with Crippen molar-refractivity contribution in [2.45, 2.75) is 31.5 Å². The van der Waals surface area contributed by atoms with E-state index in [2.05, 4.69) is 10.5 Å². The zero-order valence-electron chi connectivity index (χ0n) is 15.2. The van der Waals surface area contributed by atoms with Crippen molar-refractivity contribution < 1.29 is 19.8 Å². The molecule has 150 valence electrons. The van der Waals surface area contributed by atoms with Gasteiger partial charge in [0.1, 0.15) is 23.3 Å². The van der Waals surface area contributed by atoms with Gasteiger partial charge in [-0.25, -0.2) is 14.8 Å². The lowest BCUT2D eigenvalue weighted by Crippen LogP contribution is -2.68. The number of fused-ring (bicyclic) bond motifs is 2. The van der Waals surface area contributed by atoms with Crippen LogP contribution >= 0.6 is 23.5 Å². The van der Waals surface area contributed by atoms with E-state index in [-0.39, 0.29) is 17.0 Å². The number of carbonyl (C=O) groups is 2. The number of rotatable bonds is 5. The van der Waals surface area contributed by atoms with Crippen LogP contribution in [0, 0.1) is 0 Å². The van der Waals surface area contributed by atoms with Crippen LogP contribution in [0.5, 0.6) is 0 Å². The largest absolute Gasteiger partial charge is 0.477 e. The number of hydrazine groups is 2. The number of nitrogens with zero attached hydrogens (tertiary/aromatic N) is 4. The number of aliphatic hydroxyl groups is 1. The number of aliphatic hydroxyl groups excluding tert-OH is 1. The highest BCUT2D eigenvalue weighted by molar-refractivity contribution is 8.03. The van der Waals surface area contributed by atoms with E-state index in [0.717, 1.165) is 10.7 Å². The van der Waals surface area contributed by atoms with Crippen LogP contribution < -0.4 is 11.3 Å². The van der Waals surface area contributed by atoms with E-state index in [1.165, 1.54) is 33.4 Å². The number of carboxylic acid groups (broad SMARTS) is 1. The van der Waals surface area contributed by atoms with Crippen LogP contribution in [0.4, 0.5) is 0 Å². The first-order valence-corrected chi connectivity index (χ1v) is 10.6. The van der Waals surface area contributed by atoms with Gasteiger partial charge in [0.05, 0.1) is 11.2 Å². The molecule has 12 heteroatoms. The van der Waals surface area contributed by atoms with Crippen molar-refractivity contribution in [3.05, 3.63) is 34.4 Å². The molecule has 0 aromatic carbocycles. The summed E-state index contributed by atoms with van der Waals surface area (Å²) in [5.74, 6) is 0.0811. The molecule has 28 heavy (non-hydrogen) atoms. The van der Waals surface area contributed by atoms with E-state index in [1.54, 1.807) is 18.1 Å². The van der Waals surface area contributed by atoms with E-state index in [0.29, 0.717) is 22.9 Å². The number of nitrogens with two attached hydrogens (primary N) is 1. The zero-order valence-corrected chi connectivity index (χ0v) is 16.8. The molecule has 2 unspecified atom stereocenters. The van der Waals surface area contributed by atoms with Gasteiger partial charge in [0.15, 0.2) is 5.82 Å². The van der Waals surface area contributed by atoms with Crippen LogP contribution in [-0.4, -0.2) is 71.9 Å². The lowest BCUT2D eigenvalue weighted by Gasteiger charge is -2.48. The quantitative estimate of drug-likeness (QED) is 0.439. The van der Waals surface area contributed by atoms with Crippen LogP contribution in [-0.2, 0) is 9.59 Å². The lowest BCUT2D eigenvalue weighted by atomic mass is 10.0. The van der Waals surface area contributed by atoms with Gasteiger partial charge in [-0.05, 0) is 25.5 Å². The summed E-state index contributed by atoms with van der Waals surface area (Å²) in [5.41, 5.74) is 10.3. The Labute approximate surface area is 169 Å². The van der Waals surface area contributed by atoms with Gasteiger partial charge in [-0.3, -0.25) is 14.7 Å². The zero-order chi connectivity index (χ0) is 20.2. The maximum absolute atomic E-state index is 12.1. The highest BCUT2D eigenvalue weighted by atomic mass is 32.2. The number of β-lactam (4-membered cyclic amide) rings is 1. The molecule has 0 aromatic heterocycles. The van der Waals surface area contributed by atoms with Crippen molar-refractivity contribution in [2.24, 2.45) is 10.7 Å². The van der Waals surface area contributed by atoms with Gasteiger partial charge in [0.2, 0.25) is 5.91 Å². The number of aliphatic carboxylic acids is 1. The number of nitrogens with one attached hydrogen (secondary N) is 1. The Kier molecular flexibility index (Phi) is 4.91. The molecule has 1 fully saturated rings. The van der Waals surface area contributed by atoms with Gasteiger partial charge in [0, 0.05) is 17.2 Å². The average Bonchev–Trinajstić information content (AvgIpc) is 3.08. The molecule has 10 nitrogen and oxygen atoms in total. The number of hydrogen-bond acceptors (Lipinski definition) is 10. The van der Waals surface area contributed by atoms with E-state index < -0.39 is 18.2 Å². The normalized spacial score (nSPS) is 27.6. The molecule has 4 aliphatic rings. The number of allylic oxidation sites excluding steroid dienone is 1. The smallest absolute Gasteiger partial charge is 0.352 e. The molecule has 4 heterocycles. The number of thioether (sulfide) groups is 2. The number of aliphatic imine (C=N–C) groups is 1. The number of carboxylic acids is 1. The molecule has 0 aromatic rings. The third-order valence-electron chi connectivity index (χ3n) is 4.63. The van der Waals surface area contributed by atoms with E-state index >= 15 is 0 Å². The second-order valence-electron chi connectivity index (χ2n) is 6.68. The summed E-state index contributed by atoms with van der Waals surface area (Å²) in [4.78, 5) is 29.6. The van der Waals surface area contributed by atoms with Gasteiger partial charge in [-0.15, -0.1) is 29.1 Å². The topological polar surface area (TPSA) is 135 Å². The summed E-state index contributed by atoms with van der Waals surface area (Å²) in [6.07, 6.45) is 2.84. The van der Waals surface area contributed by atoms with Gasteiger partial charge in [0.25, 0.3) is 0 Å². The minimum absolute atomic E-state index is 0.0421. The Morgan fingerprint density at radius 1 is 1.57 bits per heavy atom. The summed E-state index contributed by atoms with van der Waals surface area (Å²) in [6, 6.07) is -0.638. The summed E-state index contributed by atoms with van der Waals surface area (Å²) in [5, 5.41) is 23.2. The van der Waals surface area contributed by atoms with Crippen molar-refractivity contribution in [3.63, 3.8) is 0 Å². The van der Waals surface area contributed by atoms with Crippen molar-refractivity contribution in [2.75, 3.05) is 11.5 Å². The lowest BCUT2D eigenvalue weighted by molar-refractivity contribution is -0.147. The van der Waals surface area contributed by atoms with Crippen molar-refractivity contribution in [1.29, 1.82) is 0 Å². The summed E-state index contributed by atoms with van der Waals surface area (Å²) in [7, 11) is 0. The minimum atomic E-state index is -1.11. The fraction of sp³-hybridized carbons (Fsp3) is 0.438. The summed E-state index contributed by atoms with van der Waals surface area (Å²) in [6.45, 7) is 3.50. The van der Waals surface area contributed by atoms with Gasteiger partial charge < -0.3 is 15.9 Å². The first-order chi connectivity index (χ1) is 13.3. The molecule has 4 rings (SSSR count). The molecule has 0 spiro atoms. The molecular formula is C16H20N6O4S2. The van der Waals surface area contributed by atoms with Crippen molar-refractivity contribution in [1.82, 2.24) is 20.5 Å². The first-order valence-electron chi connectivity index (χ1n) is 8.58. The van der Waals surface area contributed by atoms with Crippen LogP contribution in [0.25, 0.3) is 0 Å². The molecule has 0 aliphatic carbocycles. The molecule has 5 N–H and O–H groups in total. The van der Waals surface area contributed by atoms with Gasteiger partial charge in [-0.2, -0.15) is 0 Å². The van der Waals surface area contributed by atoms with Crippen LogP contribution in [0.2, 0.25) is 0 Å². The molecular weight excluding hydrogens is 404 g/mol. The van der Waals surface area contributed by atoms with Gasteiger partial charge in [-0.1, -0.05) is 0 Å². The number of hydrogen-bond donors (Lipinski definition) is 4. The Morgan fingerprint density at radius 2 is 2.32 bits per heavy atom. The second-order valence-corrected chi connectivity index (χ2v) is 8.78. The van der Waals surface area contributed by atoms with Crippen molar-refractivity contribution in [3.8, 4) is 0 Å².